The lowest BCUT2D eigenvalue weighted by Gasteiger charge is -2.08. The standard InChI is InChI=1S/C16H18ClN7/c1-2-5-11-8-14(24-23-11)21-15-13(17)10-20-16(22-15)19-9-12-6-3-4-7-18-12/h3-4,6-8,10H,2,5,9H2,1H3,(H3,19,20,21,22,23,24). The highest BCUT2D eigenvalue weighted by Crippen LogP contribution is 2.23. The SMILES string of the molecule is CCCc1cc(Nc2nc(NCc3ccccn3)ncc2Cl)n[nH]1. The smallest absolute Gasteiger partial charge is 0.225 e. The minimum atomic E-state index is 0.429. The van der Waals surface area contributed by atoms with Crippen molar-refractivity contribution in [3.8, 4) is 0 Å². The van der Waals surface area contributed by atoms with Gasteiger partial charge in [0.15, 0.2) is 11.6 Å². The molecule has 3 aromatic rings. The molecule has 0 atom stereocenters. The van der Waals surface area contributed by atoms with Crippen LogP contribution in [0.3, 0.4) is 0 Å². The number of nitrogens with zero attached hydrogens (tertiary/aromatic N) is 4. The first-order valence-corrected chi connectivity index (χ1v) is 8.10. The number of anilines is 3. The van der Waals surface area contributed by atoms with Gasteiger partial charge in [-0.25, -0.2) is 4.98 Å². The van der Waals surface area contributed by atoms with Crippen LogP contribution in [0.15, 0.2) is 36.7 Å². The van der Waals surface area contributed by atoms with Gasteiger partial charge >= 0.3 is 0 Å². The number of aromatic amines is 1. The third-order valence-corrected chi connectivity index (χ3v) is 3.57. The van der Waals surface area contributed by atoms with Crippen molar-refractivity contribution in [3.63, 3.8) is 0 Å². The molecule has 3 N–H and O–H groups in total. The van der Waals surface area contributed by atoms with E-state index in [0.717, 1.165) is 24.2 Å². The van der Waals surface area contributed by atoms with Crippen LogP contribution in [0.2, 0.25) is 5.02 Å². The lowest BCUT2D eigenvalue weighted by Crippen LogP contribution is -2.06. The zero-order valence-electron chi connectivity index (χ0n) is 13.3. The first-order chi connectivity index (χ1) is 11.7. The molecule has 0 aliphatic heterocycles. The molecule has 7 nitrogen and oxygen atoms in total. The van der Waals surface area contributed by atoms with E-state index in [-0.39, 0.29) is 0 Å². The maximum absolute atomic E-state index is 6.17. The number of halogens is 1. The summed E-state index contributed by atoms with van der Waals surface area (Å²) in [5, 5.41) is 13.9. The molecule has 0 aliphatic carbocycles. The fourth-order valence-electron chi connectivity index (χ4n) is 2.16. The Balaban J connectivity index is 1.68. The van der Waals surface area contributed by atoms with Gasteiger partial charge in [-0.1, -0.05) is 31.0 Å². The highest BCUT2D eigenvalue weighted by Gasteiger charge is 2.08. The van der Waals surface area contributed by atoms with Crippen LogP contribution in [0.4, 0.5) is 17.6 Å². The van der Waals surface area contributed by atoms with E-state index >= 15 is 0 Å². The van der Waals surface area contributed by atoms with Gasteiger partial charge in [-0.05, 0) is 18.6 Å². The Bertz CT molecular complexity index is 788. The van der Waals surface area contributed by atoms with E-state index in [2.05, 4.69) is 42.7 Å². The molecule has 3 rings (SSSR count). The quantitative estimate of drug-likeness (QED) is 0.607. The molecule has 0 amide bonds. The molecule has 124 valence electrons. The maximum atomic E-state index is 6.17. The van der Waals surface area contributed by atoms with Crippen molar-refractivity contribution in [2.75, 3.05) is 10.6 Å². The molecular formula is C16H18ClN7. The van der Waals surface area contributed by atoms with Gasteiger partial charge in [0.2, 0.25) is 5.95 Å². The van der Waals surface area contributed by atoms with E-state index < -0.39 is 0 Å². The summed E-state index contributed by atoms with van der Waals surface area (Å²) in [6, 6.07) is 7.69. The minimum absolute atomic E-state index is 0.429. The molecule has 0 spiro atoms. The maximum Gasteiger partial charge on any atom is 0.225 e. The number of aryl methyl sites for hydroxylation is 1. The number of pyridine rings is 1. The molecule has 0 unspecified atom stereocenters. The van der Waals surface area contributed by atoms with E-state index in [0.29, 0.717) is 29.2 Å². The first kappa shape index (κ1) is 16.2. The second-order valence-electron chi connectivity index (χ2n) is 5.22. The highest BCUT2D eigenvalue weighted by molar-refractivity contribution is 6.32. The van der Waals surface area contributed by atoms with Gasteiger partial charge in [-0.15, -0.1) is 0 Å². The predicted molar refractivity (Wildman–Crippen MR) is 94.5 cm³/mol. The number of aromatic nitrogens is 5. The van der Waals surface area contributed by atoms with Gasteiger partial charge in [0.25, 0.3) is 0 Å². The van der Waals surface area contributed by atoms with Gasteiger partial charge in [-0.2, -0.15) is 10.1 Å². The van der Waals surface area contributed by atoms with Crippen molar-refractivity contribution < 1.29 is 0 Å². The average Bonchev–Trinajstić information content (AvgIpc) is 3.04. The number of hydrogen-bond acceptors (Lipinski definition) is 6. The highest BCUT2D eigenvalue weighted by atomic mass is 35.5. The minimum Gasteiger partial charge on any atom is -0.349 e. The molecule has 8 heteroatoms. The monoisotopic (exact) mass is 343 g/mol. The van der Waals surface area contributed by atoms with Gasteiger partial charge in [0.05, 0.1) is 18.4 Å². The zero-order chi connectivity index (χ0) is 16.8. The topological polar surface area (TPSA) is 91.4 Å². The predicted octanol–water partition coefficient (Wildman–Crippen LogP) is 3.56. The van der Waals surface area contributed by atoms with Gasteiger partial charge < -0.3 is 10.6 Å². The van der Waals surface area contributed by atoms with Crippen molar-refractivity contribution in [3.05, 3.63) is 53.1 Å². The van der Waals surface area contributed by atoms with Crippen LogP contribution in [-0.2, 0) is 13.0 Å². The Labute approximate surface area is 144 Å². The normalized spacial score (nSPS) is 10.6. The van der Waals surface area contributed by atoms with Gasteiger partial charge in [0, 0.05) is 18.0 Å². The van der Waals surface area contributed by atoms with E-state index in [4.69, 9.17) is 11.6 Å². The molecule has 0 radical (unpaired) electrons. The lowest BCUT2D eigenvalue weighted by atomic mass is 10.2. The molecule has 0 bridgehead atoms. The largest absolute Gasteiger partial charge is 0.349 e. The lowest BCUT2D eigenvalue weighted by molar-refractivity contribution is 0.867. The third-order valence-electron chi connectivity index (χ3n) is 3.29. The number of hydrogen-bond donors (Lipinski definition) is 3. The summed E-state index contributed by atoms with van der Waals surface area (Å²) in [5.41, 5.74) is 1.97. The van der Waals surface area contributed by atoms with E-state index in [1.54, 1.807) is 12.4 Å². The van der Waals surface area contributed by atoms with Crippen LogP contribution in [-0.4, -0.2) is 25.1 Å². The summed E-state index contributed by atoms with van der Waals surface area (Å²) in [7, 11) is 0. The summed E-state index contributed by atoms with van der Waals surface area (Å²) in [5.74, 6) is 1.65. The summed E-state index contributed by atoms with van der Waals surface area (Å²) >= 11 is 6.17. The van der Waals surface area contributed by atoms with Crippen LogP contribution in [0.1, 0.15) is 24.7 Å². The number of nitrogens with one attached hydrogen (secondary N) is 3. The third kappa shape index (κ3) is 4.20. The molecule has 3 heterocycles. The van der Waals surface area contributed by atoms with E-state index in [1.807, 2.05) is 24.3 Å². The summed E-state index contributed by atoms with van der Waals surface area (Å²) in [6.45, 7) is 2.65. The Morgan fingerprint density at radius 2 is 2.17 bits per heavy atom. The summed E-state index contributed by atoms with van der Waals surface area (Å²) < 4.78 is 0. The summed E-state index contributed by atoms with van der Waals surface area (Å²) in [6.07, 6.45) is 5.30. The molecular weight excluding hydrogens is 326 g/mol. The Kier molecular flexibility index (Phi) is 5.22. The number of rotatable bonds is 7. The van der Waals surface area contributed by atoms with Crippen LogP contribution < -0.4 is 10.6 Å². The molecule has 0 aromatic carbocycles. The Morgan fingerprint density at radius 3 is 2.96 bits per heavy atom. The van der Waals surface area contributed by atoms with Crippen LogP contribution >= 0.6 is 11.6 Å². The Hall–Kier alpha value is -2.67. The summed E-state index contributed by atoms with van der Waals surface area (Å²) in [4.78, 5) is 12.8. The van der Waals surface area contributed by atoms with Crippen molar-refractivity contribution in [1.82, 2.24) is 25.1 Å². The average molecular weight is 344 g/mol. The molecule has 3 aromatic heterocycles. The van der Waals surface area contributed by atoms with Crippen molar-refractivity contribution in [1.29, 1.82) is 0 Å². The fraction of sp³-hybridized carbons (Fsp3) is 0.250. The van der Waals surface area contributed by atoms with Crippen molar-refractivity contribution in [2.45, 2.75) is 26.3 Å². The van der Waals surface area contributed by atoms with Crippen LogP contribution in [0, 0.1) is 0 Å². The fourth-order valence-corrected chi connectivity index (χ4v) is 2.29. The second kappa shape index (κ2) is 7.74. The molecule has 0 fully saturated rings. The zero-order valence-corrected chi connectivity index (χ0v) is 14.0. The van der Waals surface area contributed by atoms with Gasteiger partial charge in [0.1, 0.15) is 5.02 Å². The second-order valence-corrected chi connectivity index (χ2v) is 5.63. The molecule has 0 aliphatic rings. The van der Waals surface area contributed by atoms with Crippen molar-refractivity contribution >= 4 is 29.2 Å². The molecule has 0 saturated carbocycles. The molecule has 24 heavy (non-hydrogen) atoms. The van der Waals surface area contributed by atoms with Crippen LogP contribution in [0.25, 0.3) is 0 Å². The van der Waals surface area contributed by atoms with E-state index in [9.17, 15) is 0 Å². The molecule has 0 saturated heterocycles. The van der Waals surface area contributed by atoms with E-state index in [1.165, 1.54) is 0 Å². The first-order valence-electron chi connectivity index (χ1n) is 7.72. The van der Waals surface area contributed by atoms with Crippen LogP contribution in [0.5, 0.6) is 0 Å². The Morgan fingerprint density at radius 1 is 1.25 bits per heavy atom. The number of H-pyrrole nitrogens is 1. The van der Waals surface area contributed by atoms with Gasteiger partial charge in [-0.3, -0.25) is 10.1 Å². The van der Waals surface area contributed by atoms with Crippen molar-refractivity contribution in [2.24, 2.45) is 0 Å².